The molecule has 3 aromatic rings. The van der Waals surface area contributed by atoms with Gasteiger partial charge in [-0.05, 0) is 36.4 Å². The molecule has 0 N–H and O–H groups in total. The maximum Gasteiger partial charge on any atom is 0.287 e. The van der Waals surface area contributed by atoms with E-state index >= 15 is 0 Å². The van der Waals surface area contributed by atoms with Gasteiger partial charge in [0.05, 0.1) is 6.04 Å². The molecule has 1 fully saturated rings. The number of nitrogens with zero attached hydrogens (tertiary/aromatic N) is 4. The lowest BCUT2D eigenvalue weighted by molar-refractivity contribution is -0.134. The molecule has 0 spiro atoms. The fourth-order valence-corrected chi connectivity index (χ4v) is 3.93. The molecular weight excluding hydrogens is 371 g/mol. The Morgan fingerprint density at radius 1 is 1.26 bits per heavy atom. The lowest BCUT2D eigenvalue weighted by Gasteiger charge is -2.31. The summed E-state index contributed by atoms with van der Waals surface area (Å²) >= 11 is 1.36. The molecule has 7 nitrogen and oxygen atoms in total. The number of likely N-dealkylation sites (tertiary alicyclic amines) is 1. The Morgan fingerprint density at radius 2 is 2.04 bits per heavy atom. The molecule has 27 heavy (non-hydrogen) atoms. The summed E-state index contributed by atoms with van der Waals surface area (Å²) in [7, 11) is 0. The van der Waals surface area contributed by atoms with Gasteiger partial charge in [-0.1, -0.05) is 17.3 Å². The van der Waals surface area contributed by atoms with Gasteiger partial charge < -0.3 is 9.64 Å². The summed E-state index contributed by atoms with van der Waals surface area (Å²) in [6, 6.07) is 7.67. The second-order valence-electron chi connectivity index (χ2n) is 6.31. The van der Waals surface area contributed by atoms with Crippen LogP contribution >= 0.6 is 11.3 Å². The zero-order valence-electron chi connectivity index (χ0n) is 14.4. The summed E-state index contributed by atoms with van der Waals surface area (Å²) < 4.78 is 20.9. The van der Waals surface area contributed by atoms with Gasteiger partial charge in [0, 0.05) is 13.1 Å². The summed E-state index contributed by atoms with van der Waals surface area (Å²) in [5.41, 5.74) is 0.474. The summed E-state index contributed by atoms with van der Waals surface area (Å²) in [4.78, 5) is 26.5. The van der Waals surface area contributed by atoms with Crippen molar-refractivity contribution in [2.45, 2.75) is 18.9 Å². The molecule has 140 valence electrons. The van der Waals surface area contributed by atoms with Gasteiger partial charge in [-0.15, -0.1) is 16.4 Å². The molecule has 0 saturated carbocycles. The quantitative estimate of drug-likeness (QED) is 0.685. The van der Waals surface area contributed by atoms with Crippen LogP contribution in [0.1, 0.15) is 18.9 Å². The van der Waals surface area contributed by atoms with Crippen molar-refractivity contribution in [1.29, 1.82) is 0 Å². The minimum absolute atomic E-state index is 0.0619. The van der Waals surface area contributed by atoms with E-state index in [1.807, 2.05) is 5.38 Å². The predicted molar refractivity (Wildman–Crippen MR) is 98.4 cm³/mol. The first-order valence-electron chi connectivity index (χ1n) is 8.61. The van der Waals surface area contributed by atoms with E-state index in [9.17, 15) is 14.0 Å². The topological polar surface area (TPSA) is 77.3 Å². The number of carbonyl (C=O) groups excluding carboxylic acids is 1. The number of ether oxygens (including phenoxy) is 1. The molecule has 0 bridgehead atoms. The number of halogens is 1. The molecular formula is C18H17FN4O3S. The SMILES string of the molecule is O=C(COc1ccccc1F)N1CCC(n2nnc3ccsc3c2=O)CC1. The Morgan fingerprint density at radius 3 is 2.81 bits per heavy atom. The molecule has 1 saturated heterocycles. The zero-order chi connectivity index (χ0) is 18.8. The molecule has 1 aliphatic rings. The Hall–Kier alpha value is -2.81. The standard InChI is InChI=1S/C18H17FN4O3S/c19-13-3-1-2-4-15(13)26-11-16(24)22-8-5-12(6-9-22)23-18(25)17-14(20-21-23)7-10-27-17/h1-4,7,10,12H,5-6,8-9,11H2. The fourth-order valence-electron chi connectivity index (χ4n) is 3.17. The van der Waals surface area contributed by atoms with Crippen LogP contribution in [0.3, 0.4) is 0 Å². The van der Waals surface area contributed by atoms with Crippen molar-refractivity contribution in [2.24, 2.45) is 0 Å². The third-order valence-corrected chi connectivity index (χ3v) is 5.54. The number of para-hydroxylation sites is 1. The highest BCUT2D eigenvalue weighted by molar-refractivity contribution is 7.17. The van der Waals surface area contributed by atoms with E-state index < -0.39 is 5.82 Å². The summed E-state index contributed by atoms with van der Waals surface area (Å²) in [5.74, 6) is -0.637. The van der Waals surface area contributed by atoms with Crippen LogP contribution in [-0.2, 0) is 4.79 Å². The first kappa shape index (κ1) is 17.6. The van der Waals surface area contributed by atoms with Crippen LogP contribution in [0.5, 0.6) is 5.75 Å². The molecule has 3 heterocycles. The molecule has 2 aromatic heterocycles. The van der Waals surface area contributed by atoms with E-state index in [4.69, 9.17) is 4.74 Å². The highest BCUT2D eigenvalue weighted by Crippen LogP contribution is 2.22. The fraction of sp³-hybridized carbons (Fsp3) is 0.333. The zero-order valence-corrected chi connectivity index (χ0v) is 15.2. The molecule has 4 rings (SSSR count). The number of thiophene rings is 1. The number of fused-ring (bicyclic) bond motifs is 1. The highest BCUT2D eigenvalue weighted by Gasteiger charge is 2.26. The van der Waals surface area contributed by atoms with Crippen LogP contribution in [0.25, 0.3) is 10.2 Å². The number of piperidine rings is 1. The van der Waals surface area contributed by atoms with Gasteiger partial charge in [-0.2, -0.15) is 0 Å². The molecule has 0 radical (unpaired) electrons. The van der Waals surface area contributed by atoms with Gasteiger partial charge >= 0.3 is 0 Å². The van der Waals surface area contributed by atoms with Gasteiger partial charge in [-0.3, -0.25) is 9.59 Å². The number of hydrogen-bond acceptors (Lipinski definition) is 6. The van der Waals surface area contributed by atoms with E-state index in [0.29, 0.717) is 36.1 Å². The maximum absolute atomic E-state index is 13.6. The monoisotopic (exact) mass is 388 g/mol. The molecule has 0 aliphatic carbocycles. The second-order valence-corrected chi connectivity index (χ2v) is 7.22. The smallest absolute Gasteiger partial charge is 0.287 e. The van der Waals surface area contributed by atoms with E-state index in [-0.39, 0.29) is 29.9 Å². The third kappa shape index (κ3) is 3.55. The average Bonchev–Trinajstić information content (AvgIpc) is 3.17. The van der Waals surface area contributed by atoms with Crippen LogP contribution in [-0.4, -0.2) is 45.5 Å². The second kappa shape index (κ2) is 7.43. The minimum Gasteiger partial charge on any atom is -0.481 e. The molecule has 9 heteroatoms. The third-order valence-electron chi connectivity index (χ3n) is 4.65. The maximum atomic E-state index is 13.6. The van der Waals surface area contributed by atoms with E-state index in [2.05, 4.69) is 10.3 Å². The number of benzene rings is 1. The van der Waals surface area contributed by atoms with Gasteiger partial charge in [0.25, 0.3) is 11.5 Å². The van der Waals surface area contributed by atoms with E-state index in [1.165, 1.54) is 28.2 Å². The average molecular weight is 388 g/mol. The van der Waals surface area contributed by atoms with Crippen molar-refractivity contribution in [2.75, 3.05) is 19.7 Å². The Bertz CT molecular complexity index is 1030. The van der Waals surface area contributed by atoms with Crippen molar-refractivity contribution >= 4 is 27.5 Å². The number of aromatic nitrogens is 3. The van der Waals surface area contributed by atoms with Crippen LogP contribution in [0.4, 0.5) is 4.39 Å². The predicted octanol–water partition coefficient (Wildman–Crippen LogP) is 2.23. The van der Waals surface area contributed by atoms with Crippen molar-refractivity contribution in [3.05, 3.63) is 51.9 Å². The largest absolute Gasteiger partial charge is 0.481 e. The summed E-state index contributed by atoms with van der Waals surface area (Å²) in [6.07, 6.45) is 1.22. The van der Waals surface area contributed by atoms with Crippen LogP contribution in [0.2, 0.25) is 0 Å². The number of rotatable bonds is 4. The lowest BCUT2D eigenvalue weighted by Crippen LogP contribution is -2.43. The Balaban J connectivity index is 1.37. The molecule has 1 aromatic carbocycles. The van der Waals surface area contributed by atoms with Gasteiger partial charge in [0.2, 0.25) is 0 Å². The molecule has 1 aliphatic heterocycles. The summed E-state index contributed by atoms with van der Waals surface area (Å²) in [5, 5.41) is 9.96. The van der Waals surface area contributed by atoms with Crippen molar-refractivity contribution in [3.63, 3.8) is 0 Å². The number of hydrogen-bond donors (Lipinski definition) is 0. The molecule has 0 unspecified atom stereocenters. The van der Waals surface area contributed by atoms with Gasteiger partial charge in [0.1, 0.15) is 10.2 Å². The van der Waals surface area contributed by atoms with Crippen LogP contribution < -0.4 is 10.3 Å². The first-order chi connectivity index (χ1) is 13.1. The lowest BCUT2D eigenvalue weighted by atomic mass is 10.1. The van der Waals surface area contributed by atoms with Crippen molar-refractivity contribution < 1.29 is 13.9 Å². The van der Waals surface area contributed by atoms with Gasteiger partial charge in [-0.25, -0.2) is 9.07 Å². The number of carbonyl (C=O) groups is 1. The van der Waals surface area contributed by atoms with Crippen molar-refractivity contribution in [1.82, 2.24) is 19.9 Å². The molecule has 0 atom stereocenters. The van der Waals surface area contributed by atoms with Crippen LogP contribution in [0.15, 0.2) is 40.5 Å². The Labute approximate surface area is 158 Å². The Kier molecular flexibility index (Phi) is 4.85. The number of amides is 1. The minimum atomic E-state index is -0.495. The normalized spacial score (nSPS) is 15.2. The van der Waals surface area contributed by atoms with E-state index in [0.717, 1.165) is 0 Å². The first-order valence-corrected chi connectivity index (χ1v) is 9.49. The van der Waals surface area contributed by atoms with E-state index in [1.54, 1.807) is 23.1 Å². The molecule has 1 amide bonds. The highest BCUT2D eigenvalue weighted by atomic mass is 32.1. The van der Waals surface area contributed by atoms with Crippen molar-refractivity contribution in [3.8, 4) is 5.75 Å². The van der Waals surface area contributed by atoms with Crippen LogP contribution in [0, 0.1) is 5.82 Å². The summed E-state index contributed by atoms with van der Waals surface area (Å²) in [6.45, 7) is 0.758. The van der Waals surface area contributed by atoms with Gasteiger partial charge in [0.15, 0.2) is 18.2 Å².